The lowest BCUT2D eigenvalue weighted by Gasteiger charge is -2.45. The molecule has 40 heavy (non-hydrogen) atoms. The molecule has 2 heterocycles. The van der Waals surface area contributed by atoms with Crippen molar-refractivity contribution >= 4 is 52.1 Å². The zero-order valence-corrected chi connectivity index (χ0v) is 23.3. The Hall–Kier alpha value is -3.30. The van der Waals surface area contributed by atoms with E-state index < -0.39 is 35.4 Å². The van der Waals surface area contributed by atoms with Gasteiger partial charge in [0.2, 0.25) is 11.6 Å². The van der Waals surface area contributed by atoms with Crippen LogP contribution < -0.4 is 10.6 Å². The summed E-state index contributed by atoms with van der Waals surface area (Å²) in [6.45, 7) is 1.98. The van der Waals surface area contributed by atoms with E-state index in [1.807, 2.05) is 30.4 Å². The van der Waals surface area contributed by atoms with Crippen LogP contribution in [0.4, 0.5) is 18.9 Å². The fourth-order valence-electron chi connectivity index (χ4n) is 4.48. The number of hydrogen-bond donors (Lipinski definition) is 3. The van der Waals surface area contributed by atoms with Gasteiger partial charge in [0.25, 0.3) is 0 Å². The number of nitriles is 1. The quantitative estimate of drug-likeness (QED) is 0.253. The fourth-order valence-corrected chi connectivity index (χ4v) is 6.34. The number of halogens is 4. The van der Waals surface area contributed by atoms with Gasteiger partial charge >= 0.3 is 6.18 Å². The Kier molecular flexibility index (Phi) is 8.95. The van der Waals surface area contributed by atoms with Crippen molar-refractivity contribution in [1.82, 2.24) is 5.32 Å². The maximum absolute atomic E-state index is 14.6. The molecule has 2 aromatic carbocycles. The van der Waals surface area contributed by atoms with Crippen molar-refractivity contribution in [3.63, 3.8) is 0 Å². The lowest BCUT2D eigenvalue weighted by molar-refractivity contribution is -0.285. The van der Waals surface area contributed by atoms with Gasteiger partial charge in [-0.1, -0.05) is 66.7 Å². The van der Waals surface area contributed by atoms with E-state index in [0.29, 0.717) is 17.4 Å². The number of hydrogen-bond acceptors (Lipinski definition) is 7. The molecule has 4 rings (SSSR count). The van der Waals surface area contributed by atoms with E-state index in [0.717, 1.165) is 23.3 Å². The van der Waals surface area contributed by atoms with Gasteiger partial charge in [0, 0.05) is 16.6 Å². The van der Waals surface area contributed by atoms with Crippen molar-refractivity contribution in [2.45, 2.75) is 31.2 Å². The average molecular weight is 606 g/mol. The fraction of sp³-hybridized carbons (Fsp3) is 0.250. The third-order valence-corrected chi connectivity index (χ3v) is 8.72. The van der Waals surface area contributed by atoms with E-state index in [1.54, 1.807) is 18.2 Å². The minimum atomic E-state index is -5.35. The Morgan fingerprint density at radius 3 is 2.45 bits per heavy atom. The zero-order valence-electron chi connectivity index (χ0n) is 21.0. The van der Waals surface area contributed by atoms with E-state index in [9.17, 15) is 33.1 Å². The second kappa shape index (κ2) is 12.1. The molecule has 0 saturated heterocycles. The first-order valence-electron chi connectivity index (χ1n) is 12.1. The minimum Gasteiger partial charge on any atom is -0.363 e. The second-order valence-corrected chi connectivity index (χ2v) is 11.3. The summed E-state index contributed by atoms with van der Waals surface area (Å²) in [5.74, 6) is -5.67. The Bertz CT molecular complexity index is 1470. The number of amides is 1. The molecule has 208 valence electrons. The topological polar surface area (TPSA) is 102 Å². The van der Waals surface area contributed by atoms with Crippen LogP contribution in [0.25, 0.3) is 0 Å². The average Bonchev–Trinajstić information content (AvgIpc) is 3.46. The van der Waals surface area contributed by atoms with Crippen LogP contribution in [0, 0.1) is 17.2 Å². The maximum atomic E-state index is 14.6. The number of thioether (sulfide) groups is 1. The predicted molar refractivity (Wildman–Crippen MR) is 150 cm³/mol. The standard InChI is InChI=1S/C28H23ClF3N3O3S2/c1-2-16-9-11-17(12-10-16)34-22(36)15-40-26-19(14-33)23(18-6-3-4-7-20(18)29)24(25(37)21-8-5-13-39-21)27(38,35-26)28(30,31)32/h3-13,23-24,35,38H,2,15H2,1H3,(H,34,36)/t23-,24-,27+/m1/s1. The summed E-state index contributed by atoms with van der Waals surface area (Å²) in [4.78, 5) is 26.2. The number of aliphatic hydroxyl groups is 1. The Labute approximate surface area is 241 Å². The molecule has 1 aliphatic rings. The summed E-state index contributed by atoms with van der Waals surface area (Å²) in [6.07, 6.45) is -4.54. The third kappa shape index (κ3) is 5.90. The van der Waals surface area contributed by atoms with E-state index in [-0.39, 0.29) is 31.8 Å². The molecular formula is C28H23ClF3N3O3S2. The molecule has 0 radical (unpaired) electrons. The molecule has 1 amide bonds. The van der Waals surface area contributed by atoms with Gasteiger partial charge in [-0.05, 0) is 47.2 Å². The van der Waals surface area contributed by atoms with Crippen molar-refractivity contribution in [3.8, 4) is 6.07 Å². The van der Waals surface area contributed by atoms with Crippen molar-refractivity contribution in [1.29, 1.82) is 5.26 Å². The summed E-state index contributed by atoms with van der Waals surface area (Å²) in [6, 6.07) is 17.8. The minimum absolute atomic E-state index is 0.0200. The molecule has 3 aromatic rings. The SMILES string of the molecule is CCc1ccc(NC(=O)CSC2=C(C#N)[C@@H](c3ccccc3Cl)[C@H](C(=O)c3cccs3)[C@](O)(C(F)(F)F)N2)cc1. The molecule has 0 aliphatic carbocycles. The highest BCUT2D eigenvalue weighted by Crippen LogP contribution is 2.52. The number of benzene rings is 2. The number of nitrogens with one attached hydrogen (secondary N) is 2. The predicted octanol–water partition coefficient (Wildman–Crippen LogP) is 6.51. The van der Waals surface area contributed by atoms with Crippen LogP contribution in [0.5, 0.6) is 0 Å². The number of ketones is 1. The van der Waals surface area contributed by atoms with Crippen molar-refractivity contribution in [2.24, 2.45) is 5.92 Å². The lowest BCUT2D eigenvalue weighted by Crippen LogP contribution is -2.66. The molecule has 3 N–H and O–H groups in total. The Balaban J connectivity index is 1.77. The van der Waals surface area contributed by atoms with Crippen LogP contribution in [0.2, 0.25) is 5.02 Å². The van der Waals surface area contributed by atoms with Gasteiger partial charge in [0.15, 0.2) is 5.78 Å². The van der Waals surface area contributed by atoms with Gasteiger partial charge in [-0.15, -0.1) is 11.3 Å². The number of allylic oxidation sites excluding steroid dienone is 1. The lowest BCUT2D eigenvalue weighted by atomic mass is 9.70. The van der Waals surface area contributed by atoms with Crippen LogP contribution in [-0.4, -0.2) is 34.5 Å². The number of Topliss-reactive ketones (excluding diaryl/α,β-unsaturated/α-hetero) is 1. The first-order chi connectivity index (χ1) is 19.0. The van der Waals surface area contributed by atoms with Gasteiger partial charge in [0.1, 0.15) is 0 Å². The smallest absolute Gasteiger partial charge is 0.363 e. The van der Waals surface area contributed by atoms with Crippen molar-refractivity contribution in [3.05, 3.63) is 97.7 Å². The molecule has 0 spiro atoms. The Morgan fingerprint density at radius 2 is 1.88 bits per heavy atom. The van der Waals surface area contributed by atoms with Gasteiger partial charge < -0.3 is 15.7 Å². The summed E-state index contributed by atoms with van der Waals surface area (Å²) in [7, 11) is 0. The van der Waals surface area contributed by atoms with Crippen LogP contribution >= 0.6 is 34.7 Å². The molecule has 3 atom stereocenters. The highest BCUT2D eigenvalue weighted by molar-refractivity contribution is 8.03. The monoisotopic (exact) mass is 605 g/mol. The summed E-state index contributed by atoms with van der Waals surface area (Å²) in [5, 5.41) is 27.3. The second-order valence-electron chi connectivity index (χ2n) is 8.95. The van der Waals surface area contributed by atoms with E-state index >= 15 is 0 Å². The molecular weight excluding hydrogens is 583 g/mol. The van der Waals surface area contributed by atoms with E-state index in [2.05, 4.69) is 5.32 Å². The van der Waals surface area contributed by atoms with Gasteiger partial charge in [-0.25, -0.2) is 0 Å². The molecule has 6 nitrogen and oxygen atoms in total. The first-order valence-corrected chi connectivity index (χ1v) is 14.3. The molecule has 12 heteroatoms. The van der Waals surface area contributed by atoms with Crippen molar-refractivity contribution < 1.29 is 27.9 Å². The molecule has 1 aliphatic heterocycles. The Morgan fingerprint density at radius 1 is 1.18 bits per heavy atom. The van der Waals surface area contributed by atoms with Crippen LogP contribution in [0.1, 0.15) is 33.6 Å². The van der Waals surface area contributed by atoms with Gasteiger partial charge in [-0.2, -0.15) is 18.4 Å². The number of rotatable bonds is 8. The number of thiophene rings is 1. The summed E-state index contributed by atoms with van der Waals surface area (Å²) >= 11 is 7.91. The third-order valence-electron chi connectivity index (χ3n) is 6.48. The van der Waals surface area contributed by atoms with Crippen LogP contribution in [-0.2, 0) is 11.2 Å². The number of aryl methyl sites for hydroxylation is 1. The number of carbonyl (C=O) groups excluding carboxylic acids is 2. The first kappa shape index (κ1) is 29.7. The summed E-state index contributed by atoms with van der Waals surface area (Å²) < 4.78 is 43.9. The number of anilines is 1. The van der Waals surface area contributed by atoms with Crippen LogP contribution in [0.3, 0.4) is 0 Å². The highest BCUT2D eigenvalue weighted by Gasteiger charge is 2.66. The molecule has 0 fully saturated rings. The molecule has 0 unspecified atom stereocenters. The largest absolute Gasteiger partial charge is 0.437 e. The number of nitrogens with zero attached hydrogens (tertiary/aromatic N) is 1. The van der Waals surface area contributed by atoms with Gasteiger partial charge in [0.05, 0.1) is 33.2 Å². The zero-order chi connectivity index (χ0) is 29.1. The summed E-state index contributed by atoms with van der Waals surface area (Å²) in [5.41, 5.74) is -2.39. The number of carbonyl (C=O) groups is 2. The molecule has 0 bridgehead atoms. The van der Waals surface area contributed by atoms with Crippen LogP contribution in [0.15, 0.2) is 76.6 Å². The van der Waals surface area contributed by atoms with Gasteiger partial charge in [-0.3, -0.25) is 9.59 Å². The highest BCUT2D eigenvalue weighted by atomic mass is 35.5. The van der Waals surface area contributed by atoms with E-state index in [4.69, 9.17) is 11.6 Å². The molecule has 0 saturated carbocycles. The normalized spacial score (nSPS) is 20.9. The van der Waals surface area contributed by atoms with Crippen molar-refractivity contribution in [2.75, 3.05) is 11.1 Å². The number of alkyl halides is 3. The van der Waals surface area contributed by atoms with E-state index in [1.165, 1.54) is 35.7 Å². The maximum Gasteiger partial charge on any atom is 0.437 e. The molecule has 1 aromatic heterocycles.